The lowest BCUT2D eigenvalue weighted by atomic mass is 10.0. The Morgan fingerprint density at radius 1 is 1.19 bits per heavy atom. The zero-order valence-electron chi connectivity index (χ0n) is 15.9. The van der Waals surface area contributed by atoms with Crippen molar-refractivity contribution in [2.75, 3.05) is 0 Å². The quantitative estimate of drug-likeness (QED) is 0.479. The molecule has 1 amide bonds. The second kappa shape index (κ2) is 11.7. The fourth-order valence-electron chi connectivity index (χ4n) is 2.28. The van der Waals surface area contributed by atoms with Gasteiger partial charge in [0.05, 0.1) is 6.42 Å². The molecule has 0 aliphatic rings. The number of alkyl carbamates (subject to hydrolysis) is 1. The van der Waals surface area contributed by atoms with Crippen LogP contribution in [0.4, 0.5) is 4.79 Å². The van der Waals surface area contributed by atoms with Crippen molar-refractivity contribution in [1.29, 1.82) is 0 Å². The molecular formula is C20H27NO6. The first-order valence-electron chi connectivity index (χ1n) is 8.84. The molecular weight excluding hydrogens is 350 g/mol. The number of allylic oxidation sites excluding steroid dienone is 1. The van der Waals surface area contributed by atoms with Gasteiger partial charge < -0.3 is 19.9 Å². The lowest BCUT2D eigenvalue weighted by Crippen LogP contribution is -2.46. The molecule has 0 saturated heterocycles. The average Bonchev–Trinajstić information content (AvgIpc) is 2.62. The Kier molecular flexibility index (Phi) is 9.64. The molecule has 0 aliphatic heterocycles. The summed E-state index contributed by atoms with van der Waals surface area (Å²) in [5, 5.41) is 11.5. The van der Waals surface area contributed by atoms with Crippen LogP contribution in [0.1, 0.15) is 39.2 Å². The number of benzene rings is 1. The van der Waals surface area contributed by atoms with Crippen molar-refractivity contribution in [3.63, 3.8) is 0 Å². The third-order valence-electron chi connectivity index (χ3n) is 3.73. The smallest absolute Gasteiger partial charge is 0.408 e. The Morgan fingerprint density at radius 2 is 1.85 bits per heavy atom. The van der Waals surface area contributed by atoms with Crippen LogP contribution in [-0.2, 0) is 25.7 Å². The van der Waals surface area contributed by atoms with Crippen molar-refractivity contribution in [2.24, 2.45) is 5.92 Å². The van der Waals surface area contributed by atoms with Crippen LogP contribution in [0.5, 0.6) is 0 Å². The van der Waals surface area contributed by atoms with E-state index in [2.05, 4.69) is 5.32 Å². The number of carboxylic acids is 1. The van der Waals surface area contributed by atoms with Gasteiger partial charge in [0, 0.05) is 6.42 Å². The van der Waals surface area contributed by atoms with E-state index in [-0.39, 0.29) is 25.4 Å². The molecule has 2 N–H and O–H groups in total. The van der Waals surface area contributed by atoms with Crippen molar-refractivity contribution in [3.05, 3.63) is 48.0 Å². The van der Waals surface area contributed by atoms with Gasteiger partial charge in [-0.15, -0.1) is 0 Å². The maximum Gasteiger partial charge on any atom is 0.408 e. The molecule has 2 atom stereocenters. The molecule has 7 nitrogen and oxygen atoms in total. The van der Waals surface area contributed by atoms with E-state index in [4.69, 9.17) is 14.6 Å². The van der Waals surface area contributed by atoms with E-state index in [0.717, 1.165) is 5.56 Å². The molecule has 1 aromatic rings. The second-order valence-electron chi connectivity index (χ2n) is 6.39. The number of amides is 1. The summed E-state index contributed by atoms with van der Waals surface area (Å²) < 4.78 is 10.4. The first-order valence-corrected chi connectivity index (χ1v) is 8.84. The van der Waals surface area contributed by atoms with E-state index < -0.39 is 30.2 Å². The molecule has 1 aromatic carbocycles. The molecule has 0 aliphatic carbocycles. The van der Waals surface area contributed by atoms with E-state index in [0.29, 0.717) is 0 Å². The van der Waals surface area contributed by atoms with Crippen LogP contribution < -0.4 is 5.32 Å². The summed E-state index contributed by atoms with van der Waals surface area (Å²) >= 11 is 0. The highest BCUT2D eigenvalue weighted by Crippen LogP contribution is 2.12. The minimum Gasteiger partial charge on any atom is -0.481 e. The maximum absolute atomic E-state index is 12.4. The fourth-order valence-corrected chi connectivity index (χ4v) is 2.28. The van der Waals surface area contributed by atoms with Gasteiger partial charge in [0.2, 0.25) is 0 Å². The standard InChI is InChI=1S/C20H27NO6/c1-4-5-11-16(12-17(22)23)27-19(24)18(14(2)3)21-20(25)26-13-15-9-7-6-8-10-15/h4-10,14,16,18H,11-13H2,1-3H3,(H,21,25)(H,22,23)/t16?,18-/m0/s1. The molecule has 0 aromatic heterocycles. The van der Waals surface area contributed by atoms with E-state index in [1.807, 2.05) is 30.3 Å². The second-order valence-corrected chi connectivity index (χ2v) is 6.39. The predicted octanol–water partition coefficient (Wildman–Crippen LogP) is 3.29. The molecule has 1 rings (SSSR count). The van der Waals surface area contributed by atoms with Gasteiger partial charge in [0.15, 0.2) is 0 Å². The Morgan fingerprint density at radius 3 is 2.41 bits per heavy atom. The van der Waals surface area contributed by atoms with E-state index in [1.54, 1.807) is 32.9 Å². The van der Waals surface area contributed by atoms with Gasteiger partial charge in [-0.1, -0.05) is 56.3 Å². The topological polar surface area (TPSA) is 102 Å². The monoisotopic (exact) mass is 377 g/mol. The third kappa shape index (κ3) is 8.89. The molecule has 0 spiro atoms. The van der Waals surface area contributed by atoms with Gasteiger partial charge in [-0.05, 0) is 18.4 Å². The molecule has 0 fully saturated rings. The van der Waals surface area contributed by atoms with Crippen LogP contribution >= 0.6 is 0 Å². The Labute approximate surface area is 159 Å². The van der Waals surface area contributed by atoms with Gasteiger partial charge in [0.25, 0.3) is 0 Å². The first-order chi connectivity index (χ1) is 12.8. The number of ether oxygens (including phenoxy) is 2. The minimum absolute atomic E-state index is 0.0788. The SMILES string of the molecule is CC=CCC(CC(=O)O)OC(=O)[C@@H](NC(=O)OCc1ccccc1)C(C)C. The van der Waals surface area contributed by atoms with Crippen LogP contribution in [-0.4, -0.2) is 35.3 Å². The molecule has 0 radical (unpaired) electrons. The maximum atomic E-state index is 12.4. The summed E-state index contributed by atoms with van der Waals surface area (Å²) in [6.07, 6.45) is 1.93. The normalized spacial score (nSPS) is 13.2. The number of esters is 1. The number of nitrogens with one attached hydrogen (secondary N) is 1. The molecule has 7 heteroatoms. The van der Waals surface area contributed by atoms with Crippen LogP contribution in [0, 0.1) is 5.92 Å². The van der Waals surface area contributed by atoms with Crippen molar-refractivity contribution in [2.45, 2.75) is 52.4 Å². The summed E-state index contributed by atoms with van der Waals surface area (Å²) in [6, 6.07) is 8.22. The van der Waals surface area contributed by atoms with Crippen LogP contribution in [0.15, 0.2) is 42.5 Å². The number of carbonyl (C=O) groups excluding carboxylic acids is 2. The number of rotatable bonds is 10. The largest absolute Gasteiger partial charge is 0.481 e. The van der Waals surface area contributed by atoms with Crippen molar-refractivity contribution < 1.29 is 29.0 Å². The highest BCUT2D eigenvalue weighted by molar-refractivity contribution is 5.82. The van der Waals surface area contributed by atoms with Crippen molar-refractivity contribution in [1.82, 2.24) is 5.32 Å². The van der Waals surface area contributed by atoms with Crippen molar-refractivity contribution >= 4 is 18.0 Å². The summed E-state index contributed by atoms with van der Waals surface area (Å²) in [7, 11) is 0. The van der Waals surface area contributed by atoms with Crippen molar-refractivity contribution in [3.8, 4) is 0 Å². The minimum atomic E-state index is -1.06. The van der Waals surface area contributed by atoms with E-state index in [1.165, 1.54) is 0 Å². The molecule has 1 unspecified atom stereocenters. The van der Waals surface area contributed by atoms with Gasteiger partial charge >= 0.3 is 18.0 Å². The molecule has 0 heterocycles. The number of hydrogen-bond donors (Lipinski definition) is 2. The van der Waals surface area contributed by atoms with E-state index >= 15 is 0 Å². The zero-order chi connectivity index (χ0) is 20.2. The van der Waals surface area contributed by atoms with Gasteiger partial charge in [-0.3, -0.25) is 4.79 Å². The molecule has 148 valence electrons. The Hall–Kier alpha value is -2.83. The summed E-state index contributed by atoms with van der Waals surface area (Å²) in [4.78, 5) is 35.4. The molecule has 0 saturated carbocycles. The highest BCUT2D eigenvalue weighted by Gasteiger charge is 2.29. The van der Waals surface area contributed by atoms with Gasteiger partial charge in [0.1, 0.15) is 18.8 Å². The third-order valence-corrected chi connectivity index (χ3v) is 3.73. The van der Waals surface area contributed by atoms with Crippen LogP contribution in [0.3, 0.4) is 0 Å². The lowest BCUT2D eigenvalue weighted by molar-refractivity contribution is -0.155. The number of carboxylic acid groups (broad SMARTS) is 1. The predicted molar refractivity (Wildman–Crippen MR) is 100.0 cm³/mol. The van der Waals surface area contributed by atoms with Crippen LogP contribution in [0.2, 0.25) is 0 Å². The molecule has 0 bridgehead atoms. The molecule has 27 heavy (non-hydrogen) atoms. The Bertz CT molecular complexity index is 641. The van der Waals surface area contributed by atoms with Gasteiger partial charge in [-0.2, -0.15) is 0 Å². The van der Waals surface area contributed by atoms with Crippen LogP contribution in [0.25, 0.3) is 0 Å². The summed E-state index contributed by atoms with van der Waals surface area (Å²) in [5.74, 6) is -2.00. The highest BCUT2D eigenvalue weighted by atomic mass is 16.6. The number of hydrogen-bond acceptors (Lipinski definition) is 5. The first kappa shape index (κ1) is 22.2. The lowest BCUT2D eigenvalue weighted by Gasteiger charge is -2.23. The number of carbonyl (C=O) groups is 3. The number of aliphatic carboxylic acids is 1. The fraction of sp³-hybridized carbons (Fsp3) is 0.450. The summed E-state index contributed by atoms with van der Waals surface area (Å²) in [6.45, 7) is 5.37. The van der Waals surface area contributed by atoms with Gasteiger partial charge in [-0.25, -0.2) is 9.59 Å². The van der Waals surface area contributed by atoms with E-state index in [9.17, 15) is 14.4 Å². The summed E-state index contributed by atoms with van der Waals surface area (Å²) in [5.41, 5.74) is 0.823. The zero-order valence-corrected chi connectivity index (χ0v) is 15.9. The Balaban J connectivity index is 2.64. The average molecular weight is 377 g/mol.